The second kappa shape index (κ2) is 6.09. The number of aromatic nitrogens is 2. The van der Waals surface area contributed by atoms with Gasteiger partial charge in [-0.15, -0.1) is 0 Å². The molecule has 1 amide bonds. The number of hydrogen-bond acceptors (Lipinski definition) is 3. The lowest BCUT2D eigenvalue weighted by Gasteiger charge is -2.11. The largest absolute Gasteiger partial charge is 0.350 e. The molecule has 2 heterocycles. The number of amides is 1. The van der Waals surface area contributed by atoms with E-state index in [1.807, 2.05) is 32.0 Å². The Bertz CT molecular complexity index is 537. The van der Waals surface area contributed by atoms with Gasteiger partial charge in [-0.3, -0.25) is 14.8 Å². The maximum Gasteiger partial charge on any atom is 0.253 e. The van der Waals surface area contributed by atoms with Crippen LogP contribution in [0.5, 0.6) is 0 Å². The lowest BCUT2D eigenvalue weighted by molar-refractivity contribution is 0.0939. The first kappa shape index (κ1) is 13.2. The minimum atomic E-state index is -0.0837. The van der Waals surface area contributed by atoms with Gasteiger partial charge in [0.15, 0.2) is 0 Å². The van der Waals surface area contributed by atoms with Crippen molar-refractivity contribution in [1.82, 2.24) is 15.3 Å². The molecule has 4 nitrogen and oxygen atoms in total. The predicted molar refractivity (Wildman–Crippen MR) is 74.7 cm³/mol. The molecule has 19 heavy (non-hydrogen) atoms. The zero-order chi connectivity index (χ0) is 13.7. The first-order chi connectivity index (χ1) is 9.20. The summed E-state index contributed by atoms with van der Waals surface area (Å²) < 4.78 is 0. The summed E-state index contributed by atoms with van der Waals surface area (Å²) in [6.07, 6.45) is 5.98. The first-order valence-corrected chi connectivity index (χ1v) is 6.38. The maximum atomic E-state index is 11.9. The monoisotopic (exact) mass is 255 g/mol. The van der Waals surface area contributed by atoms with Crippen LogP contribution in [-0.2, 0) is 0 Å². The van der Waals surface area contributed by atoms with Gasteiger partial charge >= 0.3 is 0 Å². The van der Waals surface area contributed by atoms with Gasteiger partial charge in [-0.2, -0.15) is 0 Å². The molecule has 0 aliphatic rings. The Morgan fingerprint density at radius 1 is 1.32 bits per heavy atom. The second-order valence-corrected chi connectivity index (χ2v) is 4.46. The molecule has 0 fully saturated rings. The minimum absolute atomic E-state index is 0.0837. The Labute approximate surface area is 112 Å². The molecule has 98 valence electrons. The van der Waals surface area contributed by atoms with Crippen LogP contribution in [0.4, 0.5) is 0 Å². The highest BCUT2D eigenvalue weighted by atomic mass is 16.1. The van der Waals surface area contributed by atoms with E-state index < -0.39 is 0 Å². The molecular formula is C15H17N3O. The quantitative estimate of drug-likeness (QED) is 0.913. The van der Waals surface area contributed by atoms with Crippen LogP contribution in [0.2, 0.25) is 0 Å². The van der Waals surface area contributed by atoms with Crippen molar-refractivity contribution in [3.05, 3.63) is 48.4 Å². The molecule has 1 N–H and O–H groups in total. The number of carbonyl (C=O) groups is 1. The highest BCUT2D eigenvalue weighted by Gasteiger charge is 2.09. The third-order valence-corrected chi connectivity index (χ3v) is 2.97. The Morgan fingerprint density at radius 3 is 2.74 bits per heavy atom. The fourth-order valence-electron chi connectivity index (χ4n) is 1.62. The van der Waals surface area contributed by atoms with Gasteiger partial charge < -0.3 is 5.32 Å². The zero-order valence-electron chi connectivity index (χ0n) is 11.1. The topological polar surface area (TPSA) is 54.9 Å². The molecule has 0 bridgehead atoms. The van der Waals surface area contributed by atoms with Gasteiger partial charge in [-0.05, 0) is 37.6 Å². The summed E-state index contributed by atoms with van der Waals surface area (Å²) in [4.78, 5) is 20.3. The van der Waals surface area contributed by atoms with Gasteiger partial charge in [0.05, 0.1) is 11.3 Å². The van der Waals surface area contributed by atoms with Crippen LogP contribution in [0, 0.1) is 0 Å². The van der Waals surface area contributed by atoms with Crippen LogP contribution in [-0.4, -0.2) is 21.9 Å². The average molecular weight is 255 g/mol. The fraction of sp³-hybridized carbons (Fsp3) is 0.267. The van der Waals surface area contributed by atoms with Crippen LogP contribution in [0.1, 0.15) is 30.6 Å². The van der Waals surface area contributed by atoms with Crippen LogP contribution in [0.3, 0.4) is 0 Å². The SMILES string of the molecule is CC[C@H](C)NC(=O)c1ccc(-c2cccnc2)nc1. The molecule has 0 saturated heterocycles. The van der Waals surface area contributed by atoms with Crippen LogP contribution >= 0.6 is 0 Å². The third-order valence-electron chi connectivity index (χ3n) is 2.97. The molecule has 0 radical (unpaired) electrons. The molecule has 0 spiro atoms. The molecule has 2 aromatic heterocycles. The summed E-state index contributed by atoms with van der Waals surface area (Å²) in [6.45, 7) is 4.02. The highest BCUT2D eigenvalue weighted by molar-refractivity contribution is 5.94. The second-order valence-electron chi connectivity index (χ2n) is 4.46. The van der Waals surface area contributed by atoms with E-state index in [1.165, 1.54) is 0 Å². The molecule has 1 atom stereocenters. The number of nitrogens with one attached hydrogen (secondary N) is 1. The third kappa shape index (κ3) is 3.37. The van der Waals surface area contributed by atoms with Gasteiger partial charge in [0, 0.05) is 30.2 Å². The van der Waals surface area contributed by atoms with Crippen LogP contribution < -0.4 is 5.32 Å². The molecule has 2 rings (SSSR count). The number of nitrogens with zero attached hydrogens (tertiary/aromatic N) is 2. The summed E-state index contributed by atoms with van der Waals surface area (Å²) in [6, 6.07) is 7.59. The van der Waals surface area contributed by atoms with Crippen molar-refractivity contribution in [2.45, 2.75) is 26.3 Å². The zero-order valence-corrected chi connectivity index (χ0v) is 11.1. The van der Waals surface area contributed by atoms with Gasteiger partial charge in [0.25, 0.3) is 5.91 Å². The Morgan fingerprint density at radius 2 is 2.16 bits per heavy atom. The summed E-state index contributed by atoms with van der Waals surface area (Å²) in [7, 11) is 0. The van der Waals surface area contributed by atoms with Gasteiger partial charge in [-0.25, -0.2) is 0 Å². The smallest absolute Gasteiger partial charge is 0.253 e. The van der Waals surface area contributed by atoms with E-state index in [0.29, 0.717) is 5.56 Å². The van der Waals surface area contributed by atoms with E-state index >= 15 is 0 Å². The van der Waals surface area contributed by atoms with E-state index in [9.17, 15) is 4.79 Å². The number of pyridine rings is 2. The number of carbonyl (C=O) groups excluding carboxylic acids is 1. The minimum Gasteiger partial charge on any atom is -0.350 e. The fourth-order valence-corrected chi connectivity index (χ4v) is 1.62. The van der Waals surface area contributed by atoms with Crippen molar-refractivity contribution < 1.29 is 4.79 Å². The maximum absolute atomic E-state index is 11.9. The predicted octanol–water partition coefficient (Wildman–Crippen LogP) is 2.67. The van der Waals surface area contributed by atoms with E-state index in [0.717, 1.165) is 17.7 Å². The molecule has 0 aromatic carbocycles. The van der Waals surface area contributed by atoms with Crippen LogP contribution in [0.25, 0.3) is 11.3 Å². The van der Waals surface area contributed by atoms with Crippen molar-refractivity contribution in [1.29, 1.82) is 0 Å². The summed E-state index contributed by atoms with van der Waals surface area (Å²) in [5.41, 5.74) is 2.33. The van der Waals surface area contributed by atoms with Crippen molar-refractivity contribution in [2.24, 2.45) is 0 Å². The standard InChI is InChI=1S/C15H17N3O/c1-3-11(2)18-15(19)13-6-7-14(17-10-13)12-5-4-8-16-9-12/h4-11H,3H2,1-2H3,(H,18,19)/t11-/m0/s1. The van der Waals surface area contributed by atoms with E-state index in [1.54, 1.807) is 24.7 Å². The van der Waals surface area contributed by atoms with Crippen molar-refractivity contribution >= 4 is 5.91 Å². The lowest BCUT2D eigenvalue weighted by atomic mass is 10.1. The van der Waals surface area contributed by atoms with Crippen molar-refractivity contribution in [3.8, 4) is 11.3 Å². The Hall–Kier alpha value is -2.23. The van der Waals surface area contributed by atoms with Gasteiger partial charge in [-0.1, -0.05) is 6.92 Å². The lowest BCUT2D eigenvalue weighted by Crippen LogP contribution is -2.31. The number of hydrogen-bond donors (Lipinski definition) is 1. The van der Waals surface area contributed by atoms with Crippen LogP contribution in [0.15, 0.2) is 42.9 Å². The average Bonchev–Trinajstić information content (AvgIpc) is 2.48. The molecule has 0 unspecified atom stereocenters. The van der Waals surface area contributed by atoms with Gasteiger partial charge in [0.2, 0.25) is 0 Å². The summed E-state index contributed by atoms with van der Waals surface area (Å²) >= 11 is 0. The molecule has 2 aromatic rings. The van der Waals surface area contributed by atoms with Gasteiger partial charge in [0.1, 0.15) is 0 Å². The molecule has 0 aliphatic heterocycles. The van der Waals surface area contributed by atoms with E-state index in [2.05, 4.69) is 15.3 Å². The highest BCUT2D eigenvalue weighted by Crippen LogP contribution is 2.15. The molecular weight excluding hydrogens is 238 g/mol. The van der Waals surface area contributed by atoms with Crippen molar-refractivity contribution in [2.75, 3.05) is 0 Å². The first-order valence-electron chi connectivity index (χ1n) is 6.38. The normalized spacial score (nSPS) is 11.9. The van der Waals surface area contributed by atoms with Crippen molar-refractivity contribution in [3.63, 3.8) is 0 Å². The molecule has 0 saturated carbocycles. The summed E-state index contributed by atoms with van der Waals surface area (Å²) in [5.74, 6) is -0.0837. The summed E-state index contributed by atoms with van der Waals surface area (Å²) in [5, 5.41) is 2.91. The Balaban J connectivity index is 2.13. The van der Waals surface area contributed by atoms with E-state index in [-0.39, 0.29) is 11.9 Å². The Kier molecular flexibility index (Phi) is 4.23. The molecule has 4 heteroatoms. The molecule has 0 aliphatic carbocycles. The van der Waals surface area contributed by atoms with E-state index in [4.69, 9.17) is 0 Å². The number of rotatable bonds is 4.